The lowest BCUT2D eigenvalue weighted by Crippen LogP contribution is -2.28. The van der Waals surface area contributed by atoms with Gasteiger partial charge < -0.3 is 14.3 Å². The number of benzene rings is 2. The van der Waals surface area contributed by atoms with Crippen molar-refractivity contribution in [1.82, 2.24) is 0 Å². The molecular weight excluding hydrogens is 330 g/mol. The van der Waals surface area contributed by atoms with E-state index in [2.05, 4.69) is 42.4 Å². The highest BCUT2D eigenvalue weighted by atomic mass is 16.8. The van der Waals surface area contributed by atoms with E-state index >= 15 is 0 Å². The minimum absolute atomic E-state index is 0.0612. The topological polar surface area (TPSA) is 57.1 Å². The number of ether oxygens (including phenoxy) is 2. The molecule has 2 aromatic rings. The summed E-state index contributed by atoms with van der Waals surface area (Å²) in [6, 6.07) is 14.7. The van der Waals surface area contributed by atoms with E-state index in [-0.39, 0.29) is 6.10 Å². The number of esters is 1. The lowest BCUT2D eigenvalue weighted by Gasteiger charge is -2.26. The van der Waals surface area contributed by atoms with Gasteiger partial charge in [-0.25, -0.2) is 4.79 Å². The summed E-state index contributed by atoms with van der Waals surface area (Å²) in [4.78, 5) is 17.1. The largest absolute Gasteiger partial charge is 0.461 e. The molecule has 0 spiro atoms. The molecule has 1 aliphatic heterocycles. The number of nitrogens with zero attached hydrogens (tertiary/aromatic N) is 1. The quantitative estimate of drug-likeness (QED) is 0.672. The van der Waals surface area contributed by atoms with Crippen molar-refractivity contribution in [2.45, 2.75) is 51.9 Å². The van der Waals surface area contributed by atoms with Gasteiger partial charge in [-0.3, -0.25) is 0 Å². The summed E-state index contributed by atoms with van der Waals surface area (Å²) in [5.41, 5.74) is 1.46. The third-order valence-corrected chi connectivity index (χ3v) is 4.42. The van der Waals surface area contributed by atoms with Crippen LogP contribution in [0.2, 0.25) is 0 Å². The summed E-state index contributed by atoms with van der Waals surface area (Å²) in [6.45, 7) is 4.24. The molecule has 0 aromatic heterocycles. The number of fused-ring (bicyclic) bond motifs is 1. The van der Waals surface area contributed by atoms with Crippen LogP contribution in [0.3, 0.4) is 0 Å². The van der Waals surface area contributed by atoms with Crippen LogP contribution in [0.4, 0.5) is 0 Å². The van der Waals surface area contributed by atoms with Crippen LogP contribution in [0, 0.1) is 0 Å². The molecule has 1 aliphatic rings. The summed E-state index contributed by atoms with van der Waals surface area (Å²) in [6.07, 6.45) is 2.48. The number of oxime groups is 1. The van der Waals surface area contributed by atoms with E-state index in [0.29, 0.717) is 25.2 Å². The zero-order chi connectivity index (χ0) is 18.4. The van der Waals surface area contributed by atoms with Gasteiger partial charge in [-0.2, -0.15) is 0 Å². The molecule has 3 rings (SSSR count). The monoisotopic (exact) mass is 355 g/mol. The molecule has 0 fully saturated rings. The predicted octanol–water partition coefficient (Wildman–Crippen LogP) is 4.75. The first kappa shape index (κ1) is 18.4. The number of carbonyl (C=O) groups excluding carboxylic acids is 1. The van der Waals surface area contributed by atoms with Crippen LogP contribution in [-0.2, 0) is 19.1 Å². The first-order valence-corrected chi connectivity index (χ1v) is 9.25. The zero-order valence-electron chi connectivity index (χ0n) is 15.3. The molecule has 0 amide bonds. The Labute approximate surface area is 153 Å². The van der Waals surface area contributed by atoms with E-state index in [1.54, 1.807) is 6.92 Å². The molecule has 1 heterocycles. The Balaban J connectivity index is 1.69. The molecule has 0 radical (unpaired) electrons. The molecule has 0 bridgehead atoms. The third-order valence-electron chi connectivity index (χ3n) is 4.42. The van der Waals surface area contributed by atoms with Crippen LogP contribution < -0.4 is 0 Å². The average Bonchev–Trinajstić information content (AvgIpc) is 2.68. The highest BCUT2D eigenvalue weighted by molar-refractivity contribution is 6.36. The van der Waals surface area contributed by atoms with Crippen molar-refractivity contribution in [3.8, 4) is 0 Å². The minimum Gasteiger partial charge on any atom is -0.461 e. The van der Waals surface area contributed by atoms with Crippen molar-refractivity contribution < 1.29 is 19.1 Å². The van der Waals surface area contributed by atoms with Crippen molar-refractivity contribution in [3.63, 3.8) is 0 Å². The van der Waals surface area contributed by atoms with Crippen molar-refractivity contribution in [1.29, 1.82) is 0 Å². The SMILES string of the molecule is CCC[C@H](O[C@@H]1CCC(C(=O)OCC)=NO1)c1ccc2ccccc2c1. The van der Waals surface area contributed by atoms with Gasteiger partial charge in [0.25, 0.3) is 0 Å². The second-order valence-corrected chi connectivity index (χ2v) is 6.35. The summed E-state index contributed by atoms with van der Waals surface area (Å²) in [5.74, 6) is -0.411. The fourth-order valence-corrected chi connectivity index (χ4v) is 3.09. The van der Waals surface area contributed by atoms with Gasteiger partial charge in [0, 0.05) is 12.8 Å². The minimum atomic E-state index is -0.448. The molecule has 0 N–H and O–H groups in total. The van der Waals surface area contributed by atoms with Gasteiger partial charge >= 0.3 is 5.97 Å². The average molecular weight is 355 g/mol. The lowest BCUT2D eigenvalue weighted by atomic mass is 10.0. The van der Waals surface area contributed by atoms with Crippen LogP contribution in [0.1, 0.15) is 51.2 Å². The Morgan fingerprint density at radius 2 is 2.04 bits per heavy atom. The lowest BCUT2D eigenvalue weighted by molar-refractivity contribution is -0.182. The van der Waals surface area contributed by atoms with E-state index in [1.165, 1.54) is 10.8 Å². The molecule has 0 aliphatic carbocycles. The highest BCUT2D eigenvalue weighted by Gasteiger charge is 2.26. The standard InChI is InChI=1S/C21H25NO4/c1-3-7-19(17-11-10-15-8-5-6-9-16(15)14-17)25-20-13-12-18(22-26-20)21(23)24-4-2/h5-6,8-11,14,19-20H,3-4,7,12-13H2,1-2H3/t19-,20-/m0/s1. The fraction of sp³-hybridized carbons (Fsp3) is 0.429. The van der Waals surface area contributed by atoms with Crippen LogP contribution in [0.15, 0.2) is 47.6 Å². The fourth-order valence-electron chi connectivity index (χ4n) is 3.09. The van der Waals surface area contributed by atoms with Gasteiger partial charge in [-0.05, 0) is 35.7 Å². The van der Waals surface area contributed by atoms with Crippen molar-refractivity contribution in [3.05, 3.63) is 48.0 Å². The number of rotatable bonds is 7. The Morgan fingerprint density at radius 1 is 1.23 bits per heavy atom. The second kappa shape index (κ2) is 8.81. The molecular formula is C21H25NO4. The van der Waals surface area contributed by atoms with Gasteiger partial charge in [0.15, 0.2) is 5.71 Å². The molecule has 5 heteroatoms. The highest BCUT2D eigenvalue weighted by Crippen LogP contribution is 2.29. The first-order chi connectivity index (χ1) is 12.7. The van der Waals surface area contributed by atoms with Crippen LogP contribution in [0.25, 0.3) is 10.8 Å². The Bertz CT molecular complexity index is 786. The smallest absolute Gasteiger partial charge is 0.356 e. The maximum Gasteiger partial charge on any atom is 0.356 e. The normalized spacial score (nSPS) is 18.1. The van der Waals surface area contributed by atoms with Gasteiger partial charge in [-0.15, -0.1) is 0 Å². The van der Waals surface area contributed by atoms with E-state index in [0.717, 1.165) is 18.4 Å². The maximum atomic E-state index is 11.7. The van der Waals surface area contributed by atoms with Gasteiger partial charge in [0.05, 0.1) is 12.7 Å². The zero-order valence-corrected chi connectivity index (χ0v) is 15.3. The van der Waals surface area contributed by atoms with E-state index in [1.807, 2.05) is 12.1 Å². The first-order valence-electron chi connectivity index (χ1n) is 9.25. The van der Waals surface area contributed by atoms with Gasteiger partial charge in [0.1, 0.15) is 0 Å². The third kappa shape index (κ3) is 4.41. The Hall–Kier alpha value is -2.40. The Kier molecular flexibility index (Phi) is 6.23. The molecule has 2 aromatic carbocycles. The van der Waals surface area contributed by atoms with E-state index in [4.69, 9.17) is 14.3 Å². The van der Waals surface area contributed by atoms with Crippen LogP contribution >= 0.6 is 0 Å². The predicted molar refractivity (Wildman–Crippen MR) is 101 cm³/mol. The molecule has 138 valence electrons. The summed E-state index contributed by atoms with van der Waals surface area (Å²) >= 11 is 0. The number of hydrogen-bond acceptors (Lipinski definition) is 5. The molecule has 26 heavy (non-hydrogen) atoms. The van der Waals surface area contributed by atoms with Crippen LogP contribution in [0.5, 0.6) is 0 Å². The van der Waals surface area contributed by atoms with Crippen LogP contribution in [-0.4, -0.2) is 24.6 Å². The number of hydrogen-bond donors (Lipinski definition) is 0. The molecule has 0 saturated carbocycles. The second-order valence-electron chi connectivity index (χ2n) is 6.35. The van der Waals surface area contributed by atoms with Crippen molar-refractivity contribution in [2.75, 3.05) is 6.61 Å². The van der Waals surface area contributed by atoms with E-state index in [9.17, 15) is 4.79 Å². The van der Waals surface area contributed by atoms with E-state index < -0.39 is 12.3 Å². The summed E-state index contributed by atoms with van der Waals surface area (Å²) < 4.78 is 11.1. The van der Waals surface area contributed by atoms with Gasteiger partial charge in [-0.1, -0.05) is 54.9 Å². The molecule has 0 saturated heterocycles. The summed E-state index contributed by atoms with van der Waals surface area (Å²) in [5, 5.41) is 6.31. The van der Waals surface area contributed by atoms with Crippen molar-refractivity contribution in [2.24, 2.45) is 5.16 Å². The number of carbonyl (C=O) groups is 1. The van der Waals surface area contributed by atoms with Crippen molar-refractivity contribution >= 4 is 22.5 Å². The van der Waals surface area contributed by atoms with Gasteiger partial charge in [0.2, 0.25) is 6.29 Å². The maximum absolute atomic E-state index is 11.7. The Morgan fingerprint density at radius 3 is 2.73 bits per heavy atom. The molecule has 2 atom stereocenters. The summed E-state index contributed by atoms with van der Waals surface area (Å²) in [7, 11) is 0. The molecule has 0 unspecified atom stereocenters. The molecule has 5 nitrogen and oxygen atoms in total.